The first-order chi connectivity index (χ1) is 8.65. The van der Waals surface area contributed by atoms with Crippen molar-refractivity contribution in [2.45, 2.75) is 31.9 Å². The predicted molar refractivity (Wildman–Crippen MR) is 75.8 cm³/mol. The Hall–Kier alpha value is -0.770. The molecule has 0 saturated carbocycles. The number of nitrogens with two attached hydrogens (primary N) is 1. The van der Waals surface area contributed by atoms with Gasteiger partial charge in [-0.3, -0.25) is 4.90 Å². The second kappa shape index (κ2) is 6.41. The molecule has 0 bridgehead atoms. The lowest BCUT2D eigenvalue weighted by Gasteiger charge is -2.27. The summed E-state index contributed by atoms with van der Waals surface area (Å²) in [5.41, 5.74) is 7.64. The first-order valence-electron chi connectivity index (χ1n) is 6.49. The van der Waals surface area contributed by atoms with E-state index in [4.69, 9.17) is 22.1 Å². The third-order valence-electron chi connectivity index (χ3n) is 3.30. The maximum atomic E-state index is 5.91. The zero-order valence-electron chi connectivity index (χ0n) is 10.9. The zero-order valence-corrected chi connectivity index (χ0v) is 11.6. The largest absolute Gasteiger partial charge is 0.398 e. The van der Waals surface area contributed by atoms with Crippen LogP contribution in [0.5, 0.6) is 0 Å². The van der Waals surface area contributed by atoms with Gasteiger partial charge in [-0.25, -0.2) is 0 Å². The Labute approximate surface area is 114 Å². The number of anilines is 1. The fraction of sp³-hybridized carbons (Fsp3) is 0.571. The van der Waals surface area contributed by atoms with Crippen molar-refractivity contribution in [2.24, 2.45) is 0 Å². The lowest BCUT2D eigenvalue weighted by atomic mass is 10.1. The highest BCUT2D eigenvalue weighted by Crippen LogP contribution is 2.20. The van der Waals surface area contributed by atoms with E-state index in [1.165, 1.54) is 24.8 Å². The van der Waals surface area contributed by atoms with Crippen molar-refractivity contribution in [2.75, 3.05) is 25.9 Å². The van der Waals surface area contributed by atoms with E-state index in [9.17, 15) is 0 Å². The first kappa shape index (κ1) is 13.7. The number of nitrogen functional groups attached to an aromatic ring is 1. The van der Waals surface area contributed by atoms with E-state index in [2.05, 4.69) is 11.9 Å². The zero-order chi connectivity index (χ0) is 13.0. The standard InChI is InChI=1S/C14H21ClN2O/c1-17(10-12-4-2-3-7-18-12)9-11-5-6-13(15)14(16)8-11/h5-6,8,12H,2-4,7,9-10,16H2,1H3. The van der Waals surface area contributed by atoms with Crippen LogP contribution in [-0.2, 0) is 11.3 Å². The average Bonchev–Trinajstić information content (AvgIpc) is 2.35. The van der Waals surface area contributed by atoms with Crippen LogP contribution in [0.1, 0.15) is 24.8 Å². The Morgan fingerprint density at radius 2 is 2.28 bits per heavy atom. The topological polar surface area (TPSA) is 38.5 Å². The second-order valence-corrected chi connectivity index (χ2v) is 5.45. The Bertz CT molecular complexity index is 391. The van der Waals surface area contributed by atoms with Gasteiger partial charge in [-0.15, -0.1) is 0 Å². The van der Waals surface area contributed by atoms with Crippen LogP contribution in [0.2, 0.25) is 5.02 Å². The Balaban J connectivity index is 1.85. The van der Waals surface area contributed by atoms with Crippen molar-refractivity contribution in [1.82, 2.24) is 4.90 Å². The van der Waals surface area contributed by atoms with E-state index in [1.54, 1.807) is 0 Å². The summed E-state index contributed by atoms with van der Waals surface area (Å²) in [4.78, 5) is 2.28. The smallest absolute Gasteiger partial charge is 0.0702 e. The number of ether oxygens (including phenoxy) is 1. The monoisotopic (exact) mass is 268 g/mol. The van der Waals surface area contributed by atoms with Gasteiger partial charge in [0, 0.05) is 19.7 Å². The summed E-state index contributed by atoms with van der Waals surface area (Å²) in [5, 5.41) is 0.622. The van der Waals surface area contributed by atoms with Gasteiger partial charge in [0.25, 0.3) is 0 Å². The fourth-order valence-electron chi connectivity index (χ4n) is 2.37. The minimum Gasteiger partial charge on any atom is -0.398 e. The Morgan fingerprint density at radius 1 is 1.44 bits per heavy atom. The van der Waals surface area contributed by atoms with Crippen molar-refractivity contribution in [3.8, 4) is 0 Å². The fourth-order valence-corrected chi connectivity index (χ4v) is 2.48. The summed E-state index contributed by atoms with van der Waals surface area (Å²) in [6.07, 6.45) is 4.04. The summed E-state index contributed by atoms with van der Waals surface area (Å²) in [5.74, 6) is 0. The molecule has 1 aromatic carbocycles. The van der Waals surface area contributed by atoms with Crippen molar-refractivity contribution in [3.63, 3.8) is 0 Å². The number of hydrogen-bond donors (Lipinski definition) is 1. The molecule has 0 amide bonds. The van der Waals surface area contributed by atoms with Gasteiger partial charge in [-0.05, 0) is 44.0 Å². The lowest BCUT2D eigenvalue weighted by Crippen LogP contribution is -2.33. The predicted octanol–water partition coefficient (Wildman–Crippen LogP) is 2.92. The van der Waals surface area contributed by atoms with Crippen molar-refractivity contribution < 1.29 is 4.74 Å². The van der Waals surface area contributed by atoms with E-state index >= 15 is 0 Å². The Kier molecular flexibility index (Phi) is 4.87. The molecule has 1 heterocycles. The van der Waals surface area contributed by atoms with E-state index in [0.29, 0.717) is 16.8 Å². The van der Waals surface area contributed by atoms with Crippen LogP contribution in [0.4, 0.5) is 5.69 Å². The Morgan fingerprint density at radius 3 is 2.94 bits per heavy atom. The van der Waals surface area contributed by atoms with E-state index < -0.39 is 0 Å². The van der Waals surface area contributed by atoms with Gasteiger partial charge in [-0.2, -0.15) is 0 Å². The summed E-state index contributed by atoms with van der Waals surface area (Å²) in [6.45, 7) is 2.76. The van der Waals surface area contributed by atoms with Gasteiger partial charge < -0.3 is 10.5 Å². The molecular formula is C14H21ClN2O. The van der Waals surface area contributed by atoms with Gasteiger partial charge in [0.1, 0.15) is 0 Å². The van der Waals surface area contributed by atoms with Crippen molar-refractivity contribution >= 4 is 17.3 Å². The van der Waals surface area contributed by atoms with Crippen LogP contribution in [0, 0.1) is 0 Å². The maximum absolute atomic E-state index is 5.91. The minimum atomic E-state index is 0.383. The highest BCUT2D eigenvalue weighted by atomic mass is 35.5. The molecule has 1 saturated heterocycles. The first-order valence-corrected chi connectivity index (χ1v) is 6.87. The van der Waals surface area contributed by atoms with Crippen LogP contribution in [-0.4, -0.2) is 31.2 Å². The van der Waals surface area contributed by atoms with Crippen LogP contribution in [0.25, 0.3) is 0 Å². The molecule has 2 N–H and O–H groups in total. The molecule has 1 unspecified atom stereocenters. The lowest BCUT2D eigenvalue weighted by molar-refractivity contribution is -0.00258. The summed E-state index contributed by atoms with van der Waals surface area (Å²) in [7, 11) is 2.11. The normalized spacial score (nSPS) is 20.3. The molecule has 1 aliphatic heterocycles. The molecule has 0 spiro atoms. The molecule has 0 aromatic heterocycles. The van der Waals surface area contributed by atoms with Crippen LogP contribution in [0.15, 0.2) is 18.2 Å². The minimum absolute atomic E-state index is 0.383. The summed E-state index contributed by atoms with van der Waals surface area (Å²) < 4.78 is 5.74. The molecule has 0 aliphatic carbocycles. The van der Waals surface area contributed by atoms with Gasteiger partial charge in [0.05, 0.1) is 16.8 Å². The second-order valence-electron chi connectivity index (χ2n) is 5.04. The maximum Gasteiger partial charge on any atom is 0.0702 e. The van der Waals surface area contributed by atoms with Crippen molar-refractivity contribution in [1.29, 1.82) is 0 Å². The molecule has 3 nitrogen and oxygen atoms in total. The molecule has 1 aromatic rings. The number of benzene rings is 1. The van der Waals surface area contributed by atoms with Gasteiger partial charge in [0.2, 0.25) is 0 Å². The molecule has 1 aliphatic rings. The molecule has 2 rings (SSSR count). The average molecular weight is 269 g/mol. The number of halogens is 1. The molecule has 1 fully saturated rings. The van der Waals surface area contributed by atoms with Gasteiger partial charge in [-0.1, -0.05) is 17.7 Å². The number of rotatable bonds is 4. The summed E-state index contributed by atoms with van der Waals surface area (Å²) in [6, 6.07) is 5.83. The highest BCUT2D eigenvalue weighted by molar-refractivity contribution is 6.33. The quantitative estimate of drug-likeness (QED) is 0.854. The molecule has 100 valence electrons. The molecule has 0 radical (unpaired) electrons. The molecule has 18 heavy (non-hydrogen) atoms. The number of likely N-dealkylation sites (N-methyl/N-ethyl adjacent to an activating group) is 1. The number of nitrogens with zero attached hydrogens (tertiary/aromatic N) is 1. The SMILES string of the molecule is CN(Cc1ccc(Cl)c(N)c1)CC1CCCCO1. The summed E-state index contributed by atoms with van der Waals surface area (Å²) >= 11 is 5.91. The number of hydrogen-bond acceptors (Lipinski definition) is 3. The van der Waals surface area contributed by atoms with E-state index in [1.807, 2.05) is 18.2 Å². The van der Waals surface area contributed by atoms with Crippen LogP contribution < -0.4 is 5.73 Å². The van der Waals surface area contributed by atoms with E-state index in [-0.39, 0.29) is 0 Å². The third-order valence-corrected chi connectivity index (χ3v) is 3.65. The van der Waals surface area contributed by atoms with E-state index in [0.717, 1.165) is 19.7 Å². The van der Waals surface area contributed by atoms with Crippen molar-refractivity contribution in [3.05, 3.63) is 28.8 Å². The van der Waals surface area contributed by atoms with Crippen LogP contribution in [0.3, 0.4) is 0 Å². The van der Waals surface area contributed by atoms with Gasteiger partial charge >= 0.3 is 0 Å². The van der Waals surface area contributed by atoms with Crippen LogP contribution >= 0.6 is 11.6 Å². The molecule has 1 atom stereocenters. The van der Waals surface area contributed by atoms with Gasteiger partial charge in [0.15, 0.2) is 0 Å². The molecule has 4 heteroatoms. The third kappa shape index (κ3) is 3.87. The molecular weight excluding hydrogens is 248 g/mol. The highest BCUT2D eigenvalue weighted by Gasteiger charge is 2.15.